The molecule has 1 N–H and O–H groups in total. The van der Waals surface area contributed by atoms with Crippen molar-refractivity contribution in [2.24, 2.45) is 5.92 Å². The highest BCUT2D eigenvalue weighted by Gasteiger charge is 2.17. The van der Waals surface area contributed by atoms with Gasteiger partial charge < -0.3 is 14.6 Å². The molecule has 0 amide bonds. The lowest BCUT2D eigenvalue weighted by Crippen LogP contribution is -2.19. The third-order valence-electron chi connectivity index (χ3n) is 3.71. The molecule has 0 saturated heterocycles. The number of rotatable bonds is 8. The topological polar surface area (TPSA) is 38.7 Å². The van der Waals surface area contributed by atoms with E-state index in [1.807, 2.05) is 6.92 Å². The zero-order chi connectivity index (χ0) is 12.5. The van der Waals surface area contributed by atoms with Crippen molar-refractivity contribution in [3.05, 3.63) is 0 Å². The van der Waals surface area contributed by atoms with Gasteiger partial charge in [0.25, 0.3) is 0 Å². The van der Waals surface area contributed by atoms with Gasteiger partial charge in [-0.1, -0.05) is 32.1 Å². The first kappa shape index (κ1) is 14.9. The maximum atomic E-state index is 9.99. The van der Waals surface area contributed by atoms with E-state index in [4.69, 9.17) is 9.47 Å². The predicted octanol–water partition coefficient (Wildman–Crippen LogP) is 3.11. The summed E-state index contributed by atoms with van der Waals surface area (Å²) in [5.41, 5.74) is 0. The lowest BCUT2D eigenvalue weighted by atomic mass is 9.84. The summed E-state index contributed by atoms with van der Waals surface area (Å²) in [6.07, 6.45) is 9.49. The van der Waals surface area contributed by atoms with Gasteiger partial charge in [-0.2, -0.15) is 0 Å². The van der Waals surface area contributed by atoms with E-state index in [0.29, 0.717) is 6.79 Å². The maximum Gasteiger partial charge on any atom is 0.146 e. The molecule has 1 aliphatic rings. The number of aliphatic hydroxyl groups is 1. The third kappa shape index (κ3) is 7.02. The van der Waals surface area contributed by atoms with Crippen LogP contribution in [0.4, 0.5) is 0 Å². The van der Waals surface area contributed by atoms with Crippen molar-refractivity contribution in [3.63, 3.8) is 0 Å². The largest absolute Gasteiger partial charge is 0.393 e. The van der Waals surface area contributed by atoms with Crippen LogP contribution in [0.3, 0.4) is 0 Å². The Labute approximate surface area is 105 Å². The van der Waals surface area contributed by atoms with Crippen LogP contribution in [-0.2, 0) is 9.47 Å². The van der Waals surface area contributed by atoms with Gasteiger partial charge in [0, 0.05) is 7.11 Å². The van der Waals surface area contributed by atoms with Crippen molar-refractivity contribution in [3.8, 4) is 0 Å². The second-order valence-electron chi connectivity index (χ2n) is 5.35. The number of hydrogen-bond donors (Lipinski definition) is 1. The van der Waals surface area contributed by atoms with E-state index in [1.54, 1.807) is 7.11 Å². The molecule has 1 rings (SSSR count). The molecule has 2 unspecified atom stereocenters. The molecule has 3 heteroatoms. The Balaban J connectivity index is 2.05. The van der Waals surface area contributed by atoms with Crippen molar-refractivity contribution < 1.29 is 14.6 Å². The Hall–Kier alpha value is -0.120. The quantitative estimate of drug-likeness (QED) is 0.667. The molecule has 3 nitrogen and oxygen atoms in total. The van der Waals surface area contributed by atoms with Crippen LogP contribution in [0.2, 0.25) is 0 Å². The molecule has 0 aliphatic heterocycles. The molecule has 1 aliphatic carbocycles. The molecule has 0 bridgehead atoms. The van der Waals surface area contributed by atoms with Gasteiger partial charge >= 0.3 is 0 Å². The number of ether oxygens (including phenoxy) is 2. The second-order valence-corrected chi connectivity index (χ2v) is 5.35. The fourth-order valence-corrected chi connectivity index (χ4v) is 2.62. The first-order valence-electron chi connectivity index (χ1n) is 7.01. The zero-order valence-corrected chi connectivity index (χ0v) is 11.4. The Morgan fingerprint density at radius 3 is 2.53 bits per heavy atom. The van der Waals surface area contributed by atoms with E-state index in [1.165, 1.54) is 32.1 Å². The van der Waals surface area contributed by atoms with E-state index >= 15 is 0 Å². The third-order valence-corrected chi connectivity index (χ3v) is 3.71. The van der Waals surface area contributed by atoms with Gasteiger partial charge in [-0.05, 0) is 32.1 Å². The van der Waals surface area contributed by atoms with Gasteiger partial charge in [0.2, 0.25) is 0 Å². The lowest BCUT2D eigenvalue weighted by molar-refractivity contribution is -0.0707. The van der Waals surface area contributed by atoms with Gasteiger partial charge in [-0.25, -0.2) is 0 Å². The fourth-order valence-electron chi connectivity index (χ4n) is 2.62. The van der Waals surface area contributed by atoms with Crippen molar-refractivity contribution in [1.29, 1.82) is 0 Å². The summed E-state index contributed by atoms with van der Waals surface area (Å²) in [4.78, 5) is 0. The first-order valence-corrected chi connectivity index (χ1v) is 7.01. The van der Waals surface area contributed by atoms with Crippen molar-refractivity contribution in [2.75, 3.05) is 13.9 Å². The van der Waals surface area contributed by atoms with Crippen LogP contribution < -0.4 is 0 Å². The molecule has 0 aromatic carbocycles. The number of aliphatic hydroxyl groups excluding tert-OH is 1. The maximum absolute atomic E-state index is 9.99. The van der Waals surface area contributed by atoms with Crippen LogP contribution in [0.25, 0.3) is 0 Å². The number of methoxy groups -OCH3 is 1. The van der Waals surface area contributed by atoms with Crippen LogP contribution in [0, 0.1) is 5.92 Å². The average molecular weight is 244 g/mol. The highest BCUT2D eigenvalue weighted by atomic mass is 16.7. The van der Waals surface area contributed by atoms with Crippen LogP contribution in [0.5, 0.6) is 0 Å². The molecule has 0 aromatic rings. The second kappa shape index (κ2) is 8.90. The highest BCUT2D eigenvalue weighted by molar-refractivity contribution is 4.70. The normalized spacial score (nSPS) is 21.4. The van der Waals surface area contributed by atoms with Crippen LogP contribution in [-0.4, -0.2) is 31.2 Å². The molecule has 2 atom stereocenters. The standard InChI is InChI=1S/C14H28O3/c1-12(17-11-16-2)8-9-14(15)10-13-6-4-3-5-7-13/h12-15H,3-11H2,1-2H3. The molecule has 0 heterocycles. The van der Waals surface area contributed by atoms with Crippen LogP contribution in [0.1, 0.15) is 58.3 Å². The lowest BCUT2D eigenvalue weighted by Gasteiger charge is -2.24. The minimum atomic E-state index is -0.147. The molecule has 102 valence electrons. The van der Waals surface area contributed by atoms with E-state index in [9.17, 15) is 5.11 Å². The molecular formula is C14H28O3. The summed E-state index contributed by atoms with van der Waals surface area (Å²) in [5.74, 6) is 0.758. The van der Waals surface area contributed by atoms with Gasteiger partial charge in [-0.3, -0.25) is 0 Å². The van der Waals surface area contributed by atoms with Crippen molar-refractivity contribution >= 4 is 0 Å². The van der Waals surface area contributed by atoms with Crippen LogP contribution in [0.15, 0.2) is 0 Å². The van der Waals surface area contributed by atoms with Crippen LogP contribution >= 0.6 is 0 Å². The molecule has 1 fully saturated rings. The molecule has 1 saturated carbocycles. The SMILES string of the molecule is COCOC(C)CCC(O)CC1CCCCC1. The van der Waals surface area contributed by atoms with Gasteiger partial charge in [0.15, 0.2) is 0 Å². The number of hydrogen-bond acceptors (Lipinski definition) is 3. The Morgan fingerprint density at radius 2 is 1.88 bits per heavy atom. The van der Waals surface area contributed by atoms with E-state index in [0.717, 1.165) is 25.2 Å². The fraction of sp³-hybridized carbons (Fsp3) is 1.00. The predicted molar refractivity (Wildman–Crippen MR) is 68.9 cm³/mol. The summed E-state index contributed by atoms with van der Waals surface area (Å²) in [6, 6.07) is 0. The van der Waals surface area contributed by atoms with E-state index in [-0.39, 0.29) is 12.2 Å². The van der Waals surface area contributed by atoms with E-state index in [2.05, 4.69) is 0 Å². The summed E-state index contributed by atoms with van der Waals surface area (Å²) < 4.78 is 10.3. The summed E-state index contributed by atoms with van der Waals surface area (Å²) in [6.45, 7) is 2.38. The minimum Gasteiger partial charge on any atom is -0.393 e. The Kier molecular flexibility index (Phi) is 7.82. The van der Waals surface area contributed by atoms with Gasteiger partial charge in [-0.15, -0.1) is 0 Å². The minimum absolute atomic E-state index is 0.147. The van der Waals surface area contributed by atoms with Crippen molar-refractivity contribution in [2.45, 2.75) is 70.5 Å². The molecule has 17 heavy (non-hydrogen) atoms. The van der Waals surface area contributed by atoms with Gasteiger partial charge in [0.05, 0.1) is 12.2 Å². The average Bonchev–Trinajstić information content (AvgIpc) is 2.35. The molecule has 0 aromatic heterocycles. The summed E-state index contributed by atoms with van der Waals surface area (Å²) in [5, 5.41) is 9.99. The Morgan fingerprint density at radius 1 is 1.18 bits per heavy atom. The molecular weight excluding hydrogens is 216 g/mol. The molecule has 0 spiro atoms. The van der Waals surface area contributed by atoms with Crippen molar-refractivity contribution in [1.82, 2.24) is 0 Å². The summed E-state index contributed by atoms with van der Waals surface area (Å²) >= 11 is 0. The first-order chi connectivity index (χ1) is 8.22. The van der Waals surface area contributed by atoms with E-state index < -0.39 is 0 Å². The monoisotopic (exact) mass is 244 g/mol. The Bertz CT molecular complexity index is 178. The van der Waals surface area contributed by atoms with Gasteiger partial charge in [0.1, 0.15) is 6.79 Å². The molecule has 0 radical (unpaired) electrons. The zero-order valence-electron chi connectivity index (χ0n) is 11.4. The summed E-state index contributed by atoms with van der Waals surface area (Å²) in [7, 11) is 1.63. The highest BCUT2D eigenvalue weighted by Crippen LogP contribution is 2.28. The smallest absolute Gasteiger partial charge is 0.146 e.